The number of aliphatic hydroxyl groups excluding tert-OH is 1. The number of aromatic amines is 1. The van der Waals surface area contributed by atoms with E-state index in [4.69, 9.17) is 4.74 Å². The standard InChI is InChI=1S/C26H34N6O4/c1-25(2,3)36-24(35)31-26(23(34)30-20(10-16-33)18-7-5-4-6-8-18)11-14-32(15-12-26)22-19-9-13-27-21(19)28-17-29-22/h4-9,13,17,20,33H,10-12,14-16H2,1-3H3,(H,30,34)(H,31,35)(H,27,28,29). The lowest BCUT2D eigenvalue weighted by Gasteiger charge is -2.42. The number of amides is 2. The Hall–Kier alpha value is -3.66. The molecule has 0 saturated carbocycles. The number of aliphatic hydroxyl groups is 1. The minimum atomic E-state index is -1.17. The van der Waals surface area contributed by atoms with Crippen LogP contribution in [0.4, 0.5) is 10.6 Å². The van der Waals surface area contributed by atoms with Crippen molar-refractivity contribution in [1.29, 1.82) is 0 Å². The number of nitrogens with one attached hydrogen (secondary N) is 3. The first-order valence-electron chi connectivity index (χ1n) is 12.2. The van der Waals surface area contributed by atoms with Crippen LogP contribution in [0.1, 0.15) is 51.6 Å². The molecule has 0 bridgehead atoms. The van der Waals surface area contributed by atoms with E-state index in [1.54, 1.807) is 20.8 Å². The van der Waals surface area contributed by atoms with Crippen LogP contribution in [-0.2, 0) is 9.53 Å². The van der Waals surface area contributed by atoms with E-state index in [-0.39, 0.29) is 18.6 Å². The molecule has 1 atom stereocenters. The molecule has 0 aliphatic carbocycles. The summed E-state index contributed by atoms with van der Waals surface area (Å²) in [5.74, 6) is 0.486. The predicted molar refractivity (Wildman–Crippen MR) is 136 cm³/mol. The SMILES string of the molecule is CC(C)(C)OC(=O)NC1(C(=O)NC(CCO)c2ccccc2)CCN(c2ncnc3[nH]ccc23)CC1. The summed E-state index contributed by atoms with van der Waals surface area (Å²) in [5, 5.41) is 16.5. The van der Waals surface area contributed by atoms with E-state index < -0.39 is 17.2 Å². The van der Waals surface area contributed by atoms with E-state index >= 15 is 0 Å². The number of hydrogen-bond donors (Lipinski definition) is 4. The third-order valence-electron chi connectivity index (χ3n) is 6.35. The Morgan fingerprint density at radius 1 is 1.17 bits per heavy atom. The molecule has 1 aromatic carbocycles. The zero-order chi connectivity index (χ0) is 25.8. The average Bonchev–Trinajstić information content (AvgIpc) is 3.33. The predicted octanol–water partition coefficient (Wildman–Crippen LogP) is 3.06. The summed E-state index contributed by atoms with van der Waals surface area (Å²) in [6, 6.07) is 11.0. The molecule has 192 valence electrons. The number of ether oxygens (including phenoxy) is 1. The van der Waals surface area contributed by atoms with Crippen LogP contribution in [-0.4, -0.2) is 62.9 Å². The van der Waals surface area contributed by atoms with Crippen LogP contribution >= 0.6 is 0 Å². The molecule has 3 heterocycles. The first-order valence-corrected chi connectivity index (χ1v) is 12.2. The van der Waals surface area contributed by atoms with Crippen LogP contribution in [0.3, 0.4) is 0 Å². The van der Waals surface area contributed by atoms with Gasteiger partial charge in [0.1, 0.15) is 28.9 Å². The van der Waals surface area contributed by atoms with Crippen molar-refractivity contribution in [1.82, 2.24) is 25.6 Å². The van der Waals surface area contributed by atoms with Gasteiger partial charge < -0.3 is 30.4 Å². The van der Waals surface area contributed by atoms with Crippen LogP contribution in [0.5, 0.6) is 0 Å². The Morgan fingerprint density at radius 2 is 1.89 bits per heavy atom. The molecular weight excluding hydrogens is 460 g/mol. The molecule has 2 aromatic heterocycles. The Bertz CT molecular complexity index is 1180. The van der Waals surface area contributed by atoms with Crippen LogP contribution in [0.2, 0.25) is 0 Å². The minimum Gasteiger partial charge on any atom is -0.444 e. The normalized spacial score (nSPS) is 16.4. The summed E-state index contributed by atoms with van der Waals surface area (Å²) in [7, 11) is 0. The summed E-state index contributed by atoms with van der Waals surface area (Å²) in [6.45, 7) is 6.26. The Morgan fingerprint density at radius 3 is 2.56 bits per heavy atom. The summed E-state index contributed by atoms with van der Waals surface area (Å²) in [6.07, 6.45) is 3.76. The van der Waals surface area contributed by atoms with Crippen LogP contribution < -0.4 is 15.5 Å². The molecule has 1 aliphatic heterocycles. The lowest BCUT2D eigenvalue weighted by Crippen LogP contribution is -2.64. The molecule has 1 aliphatic rings. The highest BCUT2D eigenvalue weighted by Gasteiger charge is 2.44. The fourth-order valence-corrected chi connectivity index (χ4v) is 4.55. The second-order valence-corrected chi connectivity index (χ2v) is 10.1. The van der Waals surface area contributed by atoms with Gasteiger partial charge in [-0.15, -0.1) is 0 Å². The van der Waals surface area contributed by atoms with Gasteiger partial charge >= 0.3 is 6.09 Å². The van der Waals surface area contributed by atoms with Gasteiger partial charge in [0.05, 0.1) is 11.4 Å². The number of carbonyl (C=O) groups excluding carboxylic acids is 2. The monoisotopic (exact) mass is 494 g/mol. The lowest BCUT2D eigenvalue weighted by molar-refractivity contribution is -0.129. The van der Waals surface area contributed by atoms with Gasteiger partial charge in [0.15, 0.2) is 0 Å². The molecular formula is C26H34N6O4. The highest BCUT2D eigenvalue weighted by atomic mass is 16.6. The first-order chi connectivity index (χ1) is 17.2. The molecule has 4 rings (SSSR count). The van der Waals surface area contributed by atoms with Crippen molar-refractivity contribution >= 4 is 28.9 Å². The number of carbonyl (C=O) groups is 2. The van der Waals surface area contributed by atoms with Crippen LogP contribution in [0, 0.1) is 0 Å². The number of alkyl carbamates (subject to hydrolysis) is 1. The van der Waals surface area contributed by atoms with Crippen molar-refractivity contribution in [3.63, 3.8) is 0 Å². The van der Waals surface area contributed by atoms with E-state index in [2.05, 4.69) is 30.5 Å². The van der Waals surface area contributed by atoms with E-state index in [1.807, 2.05) is 42.6 Å². The van der Waals surface area contributed by atoms with E-state index in [0.717, 1.165) is 22.4 Å². The number of anilines is 1. The van der Waals surface area contributed by atoms with Crippen molar-refractivity contribution in [3.05, 3.63) is 54.5 Å². The van der Waals surface area contributed by atoms with Gasteiger partial charge in [-0.25, -0.2) is 14.8 Å². The quantitative estimate of drug-likeness (QED) is 0.397. The molecule has 0 spiro atoms. The average molecular weight is 495 g/mol. The third-order valence-corrected chi connectivity index (χ3v) is 6.35. The second kappa shape index (κ2) is 10.5. The van der Waals surface area contributed by atoms with Gasteiger partial charge in [-0.2, -0.15) is 0 Å². The minimum absolute atomic E-state index is 0.0828. The molecule has 1 saturated heterocycles. The summed E-state index contributed by atoms with van der Waals surface area (Å²) >= 11 is 0. The van der Waals surface area contributed by atoms with Crippen molar-refractivity contribution in [2.75, 3.05) is 24.6 Å². The smallest absolute Gasteiger partial charge is 0.408 e. The lowest BCUT2D eigenvalue weighted by atomic mass is 9.85. The van der Waals surface area contributed by atoms with E-state index in [9.17, 15) is 14.7 Å². The van der Waals surface area contributed by atoms with Crippen molar-refractivity contribution in [2.45, 2.75) is 57.2 Å². The fourth-order valence-electron chi connectivity index (χ4n) is 4.55. The van der Waals surface area contributed by atoms with E-state index in [1.165, 1.54) is 6.33 Å². The Balaban J connectivity index is 1.57. The number of fused-ring (bicyclic) bond motifs is 1. The molecule has 4 N–H and O–H groups in total. The number of nitrogens with zero attached hydrogens (tertiary/aromatic N) is 3. The first kappa shape index (κ1) is 25.4. The number of H-pyrrole nitrogens is 1. The van der Waals surface area contributed by atoms with Gasteiger partial charge in [-0.1, -0.05) is 30.3 Å². The molecule has 2 amide bonds. The molecule has 10 heteroatoms. The van der Waals surface area contributed by atoms with Crippen LogP contribution in [0.15, 0.2) is 48.9 Å². The Kier molecular flexibility index (Phi) is 7.44. The summed E-state index contributed by atoms with van der Waals surface area (Å²) in [5.41, 5.74) is -0.241. The largest absolute Gasteiger partial charge is 0.444 e. The zero-order valence-corrected chi connectivity index (χ0v) is 21.0. The topological polar surface area (TPSA) is 132 Å². The highest BCUT2D eigenvalue weighted by Crippen LogP contribution is 2.30. The third kappa shape index (κ3) is 5.76. The van der Waals surface area contributed by atoms with Gasteiger partial charge in [0.25, 0.3) is 0 Å². The zero-order valence-electron chi connectivity index (χ0n) is 21.0. The maximum Gasteiger partial charge on any atom is 0.408 e. The maximum absolute atomic E-state index is 13.8. The number of benzene rings is 1. The number of rotatable bonds is 7. The molecule has 3 aromatic rings. The number of hydrogen-bond acceptors (Lipinski definition) is 7. The van der Waals surface area contributed by atoms with Crippen molar-refractivity contribution in [3.8, 4) is 0 Å². The maximum atomic E-state index is 13.8. The number of aromatic nitrogens is 3. The fraction of sp³-hybridized carbons (Fsp3) is 0.462. The molecule has 1 fully saturated rings. The van der Waals surface area contributed by atoms with E-state index in [0.29, 0.717) is 32.4 Å². The van der Waals surface area contributed by atoms with Gasteiger partial charge in [0, 0.05) is 25.9 Å². The molecule has 36 heavy (non-hydrogen) atoms. The van der Waals surface area contributed by atoms with Crippen molar-refractivity contribution in [2.24, 2.45) is 0 Å². The highest BCUT2D eigenvalue weighted by molar-refractivity contribution is 5.91. The van der Waals surface area contributed by atoms with Crippen LogP contribution in [0.25, 0.3) is 11.0 Å². The van der Waals surface area contributed by atoms with Crippen molar-refractivity contribution < 1.29 is 19.4 Å². The molecule has 1 unspecified atom stereocenters. The molecule has 10 nitrogen and oxygen atoms in total. The van der Waals surface area contributed by atoms with Gasteiger partial charge in [-0.05, 0) is 51.7 Å². The van der Waals surface area contributed by atoms with Gasteiger partial charge in [0.2, 0.25) is 5.91 Å². The second-order valence-electron chi connectivity index (χ2n) is 10.1. The Labute approximate surface area is 210 Å². The molecule has 0 radical (unpaired) electrons. The summed E-state index contributed by atoms with van der Waals surface area (Å²) in [4.78, 5) is 40.5. The van der Waals surface area contributed by atoms with Gasteiger partial charge in [-0.3, -0.25) is 4.79 Å². The summed E-state index contributed by atoms with van der Waals surface area (Å²) < 4.78 is 5.50. The number of piperidine rings is 1.